The van der Waals surface area contributed by atoms with Gasteiger partial charge in [0, 0.05) is 6.54 Å². The van der Waals surface area contributed by atoms with Gasteiger partial charge in [-0.15, -0.1) is 5.10 Å². The van der Waals surface area contributed by atoms with Crippen LogP contribution in [-0.2, 0) is 6.42 Å². The van der Waals surface area contributed by atoms with Crippen molar-refractivity contribution in [2.45, 2.75) is 32.7 Å². The summed E-state index contributed by atoms with van der Waals surface area (Å²) in [4.78, 5) is 0. The molecule has 1 unspecified atom stereocenters. The molecular formula is C15H22N4O2. The SMILES string of the molecule is CCCNC(C)c1nnc(NCCc2ccc(O)cc2)o1. The van der Waals surface area contributed by atoms with Crippen molar-refractivity contribution < 1.29 is 9.52 Å². The van der Waals surface area contributed by atoms with E-state index in [0.717, 1.165) is 24.9 Å². The maximum absolute atomic E-state index is 9.22. The van der Waals surface area contributed by atoms with Crippen molar-refractivity contribution in [1.29, 1.82) is 0 Å². The van der Waals surface area contributed by atoms with E-state index in [4.69, 9.17) is 4.42 Å². The average molecular weight is 290 g/mol. The topological polar surface area (TPSA) is 83.2 Å². The molecule has 0 aliphatic rings. The van der Waals surface area contributed by atoms with Crippen LogP contribution < -0.4 is 10.6 Å². The summed E-state index contributed by atoms with van der Waals surface area (Å²) in [7, 11) is 0. The fourth-order valence-corrected chi connectivity index (χ4v) is 1.91. The summed E-state index contributed by atoms with van der Waals surface area (Å²) >= 11 is 0. The van der Waals surface area contributed by atoms with Gasteiger partial charge in [0.1, 0.15) is 5.75 Å². The van der Waals surface area contributed by atoms with Crippen molar-refractivity contribution in [3.05, 3.63) is 35.7 Å². The van der Waals surface area contributed by atoms with E-state index in [1.807, 2.05) is 19.1 Å². The van der Waals surface area contributed by atoms with Gasteiger partial charge >= 0.3 is 6.01 Å². The Morgan fingerprint density at radius 1 is 1.19 bits per heavy atom. The second-order valence-electron chi connectivity index (χ2n) is 4.96. The molecule has 2 rings (SSSR count). The Labute approximate surface area is 124 Å². The van der Waals surface area contributed by atoms with Gasteiger partial charge in [-0.2, -0.15) is 0 Å². The van der Waals surface area contributed by atoms with Gasteiger partial charge in [0.15, 0.2) is 0 Å². The fourth-order valence-electron chi connectivity index (χ4n) is 1.91. The van der Waals surface area contributed by atoms with Crippen LogP contribution in [0.2, 0.25) is 0 Å². The maximum Gasteiger partial charge on any atom is 0.315 e. The molecule has 0 aliphatic carbocycles. The minimum atomic E-state index is 0.0603. The number of hydrogen-bond donors (Lipinski definition) is 3. The van der Waals surface area contributed by atoms with Crippen molar-refractivity contribution in [1.82, 2.24) is 15.5 Å². The van der Waals surface area contributed by atoms with Gasteiger partial charge in [-0.3, -0.25) is 0 Å². The van der Waals surface area contributed by atoms with Crippen LogP contribution in [0.1, 0.15) is 37.8 Å². The molecule has 1 heterocycles. The second-order valence-corrected chi connectivity index (χ2v) is 4.96. The molecule has 0 radical (unpaired) electrons. The zero-order valence-corrected chi connectivity index (χ0v) is 12.5. The van der Waals surface area contributed by atoms with Crippen molar-refractivity contribution in [3.63, 3.8) is 0 Å². The minimum absolute atomic E-state index is 0.0603. The molecule has 114 valence electrons. The molecule has 1 aromatic carbocycles. The number of rotatable bonds is 8. The van der Waals surface area contributed by atoms with Gasteiger partial charge < -0.3 is 20.2 Å². The van der Waals surface area contributed by atoms with E-state index in [9.17, 15) is 5.11 Å². The number of nitrogens with one attached hydrogen (secondary N) is 2. The van der Waals surface area contributed by atoms with Crippen LogP contribution in [0.5, 0.6) is 5.75 Å². The summed E-state index contributed by atoms with van der Waals surface area (Å²) in [6, 6.07) is 7.65. The van der Waals surface area contributed by atoms with Crippen molar-refractivity contribution >= 4 is 6.01 Å². The predicted octanol–water partition coefficient (Wildman–Crippen LogP) is 2.49. The first-order valence-corrected chi connectivity index (χ1v) is 7.27. The molecule has 0 aliphatic heterocycles. The molecule has 0 bridgehead atoms. The molecule has 21 heavy (non-hydrogen) atoms. The molecule has 0 fully saturated rings. The predicted molar refractivity (Wildman–Crippen MR) is 81.3 cm³/mol. The van der Waals surface area contributed by atoms with Crippen LogP contribution >= 0.6 is 0 Å². The zero-order chi connectivity index (χ0) is 15.1. The summed E-state index contributed by atoms with van der Waals surface area (Å²) < 4.78 is 5.56. The smallest absolute Gasteiger partial charge is 0.315 e. The third kappa shape index (κ3) is 4.75. The normalized spacial score (nSPS) is 12.3. The lowest BCUT2D eigenvalue weighted by atomic mass is 10.1. The third-order valence-corrected chi connectivity index (χ3v) is 3.14. The lowest BCUT2D eigenvalue weighted by Crippen LogP contribution is -2.19. The number of nitrogens with zero attached hydrogens (tertiary/aromatic N) is 2. The van der Waals surface area contributed by atoms with Crippen LogP contribution in [-0.4, -0.2) is 28.4 Å². The maximum atomic E-state index is 9.22. The minimum Gasteiger partial charge on any atom is -0.508 e. The summed E-state index contributed by atoms with van der Waals surface area (Å²) in [6.45, 7) is 5.74. The average Bonchev–Trinajstić information content (AvgIpc) is 2.96. The summed E-state index contributed by atoms with van der Waals surface area (Å²) in [5.74, 6) is 0.873. The van der Waals surface area contributed by atoms with Crippen molar-refractivity contribution in [3.8, 4) is 5.75 Å². The molecular weight excluding hydrogens is 268 g/mol. The van der Waals surface area contributed by atoms with Gasteiger partial charge in [0.05, 0.1) is 6.04 Å². The monoisotopic (exact) mass is 290 g/mol. The molecule has 0 amide bonds. The Balaban J connectivity index is 1.78. The second kappa shape index (κ2) is 7.64. The Morgan fingerprint density at radius 3 is 2.67 bits per heavy atom. The first kappa shape index (κ1) is 15.3. The largest absolute Gasteiger partial charge is 0.508 e. The Bertz CT molecular complexity index is 539. The summed E-state index contributed by atoms with van der Waals surface area (Å²) in [6.07, 6.45) is 1.89. The highest BCUT2D eigenvalue weighted by atomic mass is 16.4. The molecule has 1 aromatic heterocycles. The van der Waals surface area contributed by atoms with E-state index in [1.165, 1.54) is 0 Å². The number of phenolic OH excluding ortho intramolecular Hbond substituents is 1. The molecule has 0 saturated carbocycles. The van der Waals surface area contributed by atoms with E-state index in [2.05, 4.69) is 27.8 Å². The quantitative estimate of drug-likeness (QED) is 0.693. The third-order valence-electron chi connectivity index (χ3n) is 3.14. The number of phenols is 1. The van der Waals surface area contributed by atoms with Gasteiger partial charge in [-0.05, 0) is 44.0 Å². The lowest BCUT2D eigenvalue weighted by molar-refractivity contribution is 0.423. The lowest BCUT2D eigenvalue weighted by Gasteiger charge is -2.07. The van der Waals surface area contributed by atoms with Crippen LogP contribution in [0.3, 0.4) is 0 Å². The zero-order valence-electron chi connectivity index (χ0n) is 12.5. The van der Waals surface area contributed by atoms with E-state index >= 15 is 0 Å². The van der Waals surface area contributed by atoms with Gasteiger partial charge in [0.2, 0.25) is 5.89 Å². The first-order valence-electron chi connectivity index (χ1n) is 7.27. The number of hydrogen-bond acceptors (Lipinski definition) is 6. The van der Waals surface area contributed by atoms with Crippen molar-refractivity contribution in [2.75, 3.05) is 18.4 Å². The van der Waals surface area contributed by atoms with Gasteiger partial charge in [0.25, 0.3) is 0 Å². The Hall–Kier alpha value is -2.08. The highest BCUT2D eigenvalue weighted by Gasteiger charge is 2.12. The van der Waals surface area contributed by atoms with Gasteiger partial charge in [-0.25, -0.2) is 0 Å². The first-order chi connectivity index (χ1) is 10.2. The van der Waals surface area contributed by atoms with Crippen LogP contribution in [0.25, 0.3) is 0 Å². The fraction of sp³-hybridized carbons (Fsp3) is 0.467. The van der Waals surface area contributed by atoms with E-state index in [1.54, 1.807) is 12.1 Å². The number of anilines is 1. The van der Waals surface area contributed by atoms with Crippen molar-refractivity contribution in [2.24, 2.45) is 0 Å². The highest BCUT2D eigenvalue weighted by molar-refractivity contribution is 5.27. The van der Waals surface area contributed by atoms with Crippen LogP contribution in [0.15, 0.2) is 28.7 Å². The molecule has 3 N–H and O–H groups in total. The number of aromatic hydroxyl groups is 1. The van der Waals surface area contributed by atoms with E-state index in [-0.39, 0.29) is 11.8 Å². The molecule has 6 nitrogen and oxygen atoms in total. The van der Waals surface area contributed by atoms with Crippen LogP contribution in [0, 0.1) is 0 Å². The van der Waals surface area contributed by atoms with E-state index in [0.29, 0.717) is 18.5 Å². The number of benzene rings is 1. The summed E-state index contributed by atoms with van der Waals surface area (Å²) in [5.41, 5.74) is 1.14. The molecule has 1 atom stereocenters. The standard InChI is InChI=1S/C15H22N4O2/c1-3-9-16-11(2)14-18-19-15(21-14)17-10-8-12-4-6-13(20)7-5-12/h4-7,11,16,20H,3,8-10H2,1-2H3,(H,17,19). The molecule has 6 heteroatoms. The van der Waals surface area contributed by atoms with Crippen LogP contribution in [0.4, 0.5) is 6.01 Å². The summed E-state index contributed by atoms with van der Waals surface area (Å²) in [5, 5.41) is 23.6. The van der Waals surface area contributed by atoms with E-state index < -0.39 is 0 Å². The molecule has 0 saturated heterocycles. The molecule has 2 aromatic rings. The Kier molecular flexibility index (Phi) is 5.57. The van der Waals surface area contributed by atoms with Gasteiger partial charge in [-0.1, -0.05) is 24.2 Å². The number of aromatic nitrogens is 2. The Morgan fingerprint density at radius 2 is 1.95 bits per heavy atom. The molecule has 0 spiro atoms. The highest BCUT2D eigenvalue weighted by Crippen LogP contribution is 2.14.